The second-order valence-corrected chi connectivity index (χ2v) is 10.8. The van der Waals surface area contributed by atoms with Gasteiger partial charge in [0.25, 0.3) is 0 Å². The summed E-state index contributed by atoms with van der Waals surface area (Å²) < 4.78 is 53.6. The Kier molecular flexibility index (Phi) is 10.5. The fraction of sp³-hybridized carbons (Fsp3) is 0.455. The Bertz CT molecular complexity index is 852. The van der Waals surface area contributed by atoms with E-state index >= 15 is 0 Å². The Morgan fingerprint density at radius 2 is 0.767 bits per heavy atom. The Morgan fingerprint density at radius 3 is 1.10 bits per heavy atom. The normalized spacial score (nSPS) is 12.1. The number of benzene rings is 2. The van der Waals surface area contributed by atoms with Crippen LogP contribution in [0.25, 0.3) is 0 Å². The van der Waals surface area contributed by atoms with Crippen molar-refractivity contribution in [1.29, 1.82) is 0 Å². The topological polar surface area (TPSA) is 92.3 Å². The van der Waals surface area contributed by atoms with E-state index in [0.717, 1.165) is 51.4 Å². The van der Waals surface area contributed by atoms with Crippen molar-refractivity contribution >= 4 is 20.0 Å². The molecule has 0 unspecified atom stereocenters. The highest BCUT2D eigenvalue weighted by Crippen LogP contribution is 2.11. The zero-order chi connectivity index (χ0) is 21.7. The minimum Gasteiger partial charge on any atom is -0.211 e. The van der Waals surface area contributed by atoms with Gasteiger partial charge in [-0.05, 0) is 37.1 Å². The third-order valence-electron chi connectivity index (χ3n) is 4.79. The Hall–Kier alpha value is -1.74. The van der Waals surface area contributed by atoms with Crippen LogP contribution in [0, 0.1) is 0 Å². The van der Waals surface area contributed by atoms with E-state index in [4.69, 9.17) is 0 Å². The highest BCUT2D eigenvalue weighted by molar-refractivity contribution is 7.89. The van der Waals surface area contributed by atoms with Crippen LogP contribution in [0.15, 0.2) is 70.5 Å². The van der Waals surface area contributed by atoms with Crippen LogP contribution in [-0.2, 0) is 20.0 Å². The van der Waals surface area contributed by atoms with Crippen molar-refractivity contribution in [3.05, 3.63) is 60.7 Å². The molecule has 0 atom stereocenters. The summed E-state index contributed by atoms with van der Waals surface area (Å²) in [7, 11) is -6.80. The Morgan fingerprint density at radius 1 is 0.467 bits per heavy atom. The molecule has 0 bridgehead atoms. The van der Waals surface area contributed by atoms with E-state index < -0.39 is 20.0 Å². The van der Waals surface area contributed by atoms with Gasteiger partial charge in [-0.15, -0.1) is 0 Å². The van der Waals surface area contributed by atoms with Gasteiger partial charge in [-0.1, -0.05) is 74.9 Å². The molecule has 6 nitrogen and oxygen atoms in total. The van der Waals surface area contributed by atoms with Crippen LogP contribution in [0.5, 0.6) is 0 Å². The Labute approximate surface area is 181 Å². The van der Waals surface area contributed by atoms with Crippen LogP contribution in [-0.4, -0.2) is 29.9 Å². The first-order chi connectivity index (χ1) is 14.4. The largest absolute Gasteiger partial charge is 0.240 e. The number of hydrogen-bond donors (Lipinski definition) is 2. The molecule has 0 aliphatic rings. The summed E-state index contributed by atoms with van der Waals surface area (Å²) in [4.78, 5) is 0.604. The van der Waals surface area contributed by atoms with E-state index in [1.807, 2.05) is 0 Å². The number of nitrogens with one attached hydrogen (secondary N) is 2. The summed E-state index contributed by atoms with van der Waals surface area (Å²) in [6.07, 6.45) is 8.02. The maximum Gasteiger partial charge on any atom is 0.240 e. The molecule has 0 saturated carbocycles. The summed E-state index contributed by atoms with van der Waals surface area (Å²) in [5.41, 5.74) is 0. The van der Waals surface area contributed by atoms with Crippen molar-refractivity contribution in [3.8, 4) is 0 Å². The first-order valence-corrected chi connectivity index (χ1v) is 13.5. The van der Waals surface area contributed by atoms with Crippen molar-refractivity contribution in [1.82, 2.24) is 9.44 Å². The van der Waals surface area contributed by atoms with Crippen LogP contribution >= 0.6 is 0 Å². The average Bonchev–Trinajstić information content (AvgIpc) is 2.75. The molecule has 0 aliphatic heterocycles. The van der Waals surface area contributed by atoms with Crippen molar-refractivity contribution in [3.63, 3.8) is 0 Å². The van der Waals surface area contributed by atoms with Crippen LogP contribution in [0.3, 0.4) is 0 Å². The van der Waals surface area contributed by atoms with E-state index in [0.29, 0.717) is 22.9 Å². The maximum atomic E-state index is 12.1. The molecule has 0 radical (unpaired) electrons. The molecule has 2 aromatic carbocycles. The minimum atomic E-state index is -3.40. The molecule has 166 valence electrons. The quantitative estimate of drug-likeness (QED) is 0.399. The number of hydrogen-bond acceptors (Lipinski definition) is 4. The monoisotopic (exact) mass is 452 g/mol. The molecule has 0 heterocycles. The highest BCUT2D eigenvalue weighted by Gasteiger charge is 2.12. The molecule has 0 spiro atoms. The van der Waals surface area contributed by atoms with Gasteiger partial charge in [0.2, 0.25) is 20.0 Å². The molecular formula is C22H32N2O4S2. The van der Waals surface area contributed by atoms with E-state index in [2.05, 4.69) is 9.44 Å². The molecule has 0 fully saturated rings. The van der Waals surface area contributed by atoms with Gasteiger partial charge < -0.3 is 0 Å². The van der Waals surface area contributed by atoms with E-state index in [9.17, 15) is 16.8 Å². The molecule has 0 saturated heterocycles. The minimum absolute atomic E-state index is 0.302. The summed E-state index contributed by atoms with van der Waals surface area (Å²) in [6.45, 7) is 0.914. The summed E-state index contributed by atoms with van der Waals surface area (Å²) in [5.74, 6) is 0. The van der Waals surface area contributed by atoms with Crippen molar-refractivity contribution in [2.75, 3.05) is 13.1 Å². The molecule has 0 amide bonds. The van der Waals surface area contributed by atoms with Crippen molar-refractivity contribution < 1.29 is 16.8 Å². The van der Waals surface area contributed by atoms with Gasteiger partial charge in [-0.25, -0.2) is 26.3 Å². The molecule has 0 aromatic heterocycles. The molecule has 30 heavy (non-hydrogen) atoms. The first kappa shape index (κ1) is 24.5. The highest BCUT2D eigenvalue weighted by atomic mass is 32.2. The van der Waals surface area contributed by atoms with Gasteiger partial charge in [0.05, 0.1) is 9.79 Å². The molecule has 2 rings (SSSR count). The van der Waals surface area contributed by atoms with Crippen molar-refractivity contribution in [2.24, 2.45) is 0 Å². The lowest BCUT2D eigenvalue weighted by atomic mass is 10.1. The summed E-state index contributed by atoms with van der Waals surface area (Å²) in [6, 6.07) is 16.8. The number of sulfonamides is 2. The lowest BCUT2D eigenvalue weighted by Crippen LogP contribution is -2.24. The fourth-order valence-electron chi connectivity index (χ4n) is 3.09. The first-order valence-electron chi connectivity index (χ1n) is 10.5. The van der Waals surface area contributed by atoms with Gasteiger partial charge in [0.15, 0.2) is 0 Å². The van der Waals surface area contributed by atoms with E-state index in [1.165, 1.54) is 0 Å². The van der Waals surface area contributed by atoms with Crippen LogP contribution in [0.1, 0.15) is 51.4 Å². The predicted octanol–water partition coefficient (Wildman–Crippen LogP) is 4.06. The van der Waals surface area contributed by atoms with Crippen LogP contribution < -0.4 is 9.44 Å². The second-order valence-electron chi connectivity index (χ2n) is 7.25. The lowest BCUT2D eigenvalue weighted by Gasteiger charge is -2.07. The standard InChI is InChI=1S/C22H32N2O4S2/c25-29(26,21-15-9-7-10-16-21)23-19-13-5-3-1-2-4-6-14-20-24-30(27,28)22-17-11-8-12-18-22/h7-12,15-18,23-24H,1-6,13-14,19-20H2. The second kappa shape index (κ2) is 12.8. The van der Waals surface area contributed by atoms with Gasteiger partial charge in [0.1, 0.15) is 0 Å². The molecule has 8 heteroatoms. The maximum absolute atomic E-state index is 12.1. The molecule has 2 aromatic rings. The SMILES string of the molecule is O=S(=O)(NCCCCCCCCCCNS(=O)(=O)c1ccccc1)c1ccccc1. The van der Waals surface area contributed by atoms with Gasteiger partial charge in [0, 0.05) is 13.1 Å². The van der Waals surface area contributed by atoms with E-state index in [1.54, 1.807) is 60.7 Å². The third kappa shape index (κ3) is 8.95. The van der Waals surface area contributed by atoms with Crippen LogP contribution in [0.4, 0.5) is 0 Å². The van der Waals surface area contributed by atoms with Crippen LogP contribution in [0.2, 0.25) is 0 Å². The van der Waals surface area contributed by atoms with E-state index in [-0.39, 0.29) is 0 Å². The predicted molar refractivity (Wildman–Crippen MR) is 120 cm³/mol. The molecule has 0 aliphatic carbocycles. The van der Waals surface area contributed by atoms with Gasteiger partial charge in [-0.3, -0.25) is 0 Å². The Balaban J connectivity index is 1.44. The van der Waals surface area contributed by atoms with Gasteiger partial charge in [-0.2, -0.15) is 0 Å². The molecular weight excluding hydrogens is 420 g/mol. The summed E-state index contributed by atoms with van der Waals surface area (Å²) >= 11 is 0. The zero-order valence-electron chi connectivity index (χ0n) is 17.3. The third-order valence-corrected chi connectivity index (χ3v) is 7.75. The van der Waals surface area contributed by atoms with Gasteiger partial charge >= 0.3 is 0 Å². The number of unbranched alkanes of at least 4 members (excludes halogenated alkanes) is 7. The lowest BCUT2D eigenvalue weighted by molar-refractivity contribution is 0.549. The smallest absolute Gasteiger partial charge is 0.211 e. The fourth-order valence-corrected chi connectivity index (χ4v) is 5.28. The number of rotatable bonds is 15. The average molecular weight is 453 g/mol. The van der Waals surface area contributed by atoms with Crippen molar-refractivity contribution in [2.45, 2.75) is 61.2 Å². The molecule has 2 N–H and O–H groups in total. The zero-order valence-corrected chi connectivity index (χ0v) is 18.9. The summed E-state index contributed by atoms with van der Waals surface area (Å²) in [5, 5.41) is 0.